The highest BCUT2D eigenvalue weighted by atomic mass is 32.1. The molecule has 1 atom stereocenters. The molecule has 0 saturated carbocycles. The summed E-state index contributed by atoms with van der Waals surface area (Å²) in [5.74, 6) is 1.33. The summed E-state index contributed by atoms with van der Waals surface area (Å²) in [6.07, 6.45) is 3.84. The average molecular weight is 268 g/mol. The molecule has 2 rings (SSSR count). The maximum atomic E-state index is 5.73. The van der Waals surface area contributed by atoms with E-state index < -0.39 is 0 Å². The lowest BCUT2D eigenvalue weighted by atomic mass is 9.97. The van der Waals surface area contributed by atoms with Crippen LogP contribution in [0.4, 0.5) is 0 Å². The first-order valence-corrected chi connectivity index (χ1v) is 7.86. The van der Waals surface area contributed by atoms with E-state index in [1.807, 2.05) is 0 Å². The fourth-order valence-electron chi connectivity index (χ4n) is 2.25. The summed E-state index contributed by atoms with van der Waals surface area (Å²) in [6.45, 7) is 8.25. The third-order valence-electron chi connectivity index (χ3n) is 3.38. The Bertz CT molecular complexity index is 345. The van der Waals surface area contributed by atoms with Crippen molar-refractivity contribution in [2.45, 2.75) is 45.6 Å². The fraction of sp³-hybridized carbons (Fsp3) is 0.786. The first-order chi connectivity index (χ1) is 8.75. The molecule has 0 amide bonds. The molecule has 1 aromatic heterocycles. The van der Waals surface area contributed by atoms with Crippen LogP contribution in [-0.2, 0) is 11.3 Å². The Kier molecular flexibility index (Phi) is 5.60. The molecule has 0 spiro atoms. The topological polar surface area (TPSA) is 34.1 Å². The number of ether oxygens (including phenoxy) is 1. The molecule has 1 saturated heterocycles. The predicted molar refractivity (Wildman–Crippen MR) is 76.1 cm³/mol. The van der Waals surface area contributed by atoms with Crippen LogP contribution in [0.15, 0.2) is 5.38 Å². The lowest BCUT2D eigenvalue weighted by Crippen LogP contribution is -2.30. The molecule has 2 heterocycles. The van der Waals surface area contributed by atoms with Crippen molar-refractivity contribution < 1.29 is 4.74 Å². The quantitative estimate of drug-likeness (QED) is 0.805. The van der Waals surface area contributed by atoms with E-state index in [-0.39, 0.29) is 0 Å². The fourth-order valence-corrected chi connectivity index (χ4v) is 3.07. The highest BCUT2D eigenvalue weighted by molar-refractivity contribution is 7.09. The second kappa shape index (κ2) is 7.22. The number of thiazole rings is 1. The molecule has 3 nitrogen and oxygen atoms in total. The Hall–Kier alpha value is -0.450. The van der Waals surface area contributed by atoms with Gasteiger partial charge < -0.3 is 10.1 Å². The van der Waals surface area contributed by atoms with Gasteiger partial charge in [-0.05, 0) is 38.3 Å². The number of aromatic nitrogens is 1. The lowest BCUT2D eigenvalue weighted by Gasteiger charge is -2.22. The van der Waals surface area contributed by atoms with Crippen molar-refractivity contribution in [1.29, 1.82) is 0 Å². The van der Waals surface area contributed by atoms with Gasteiger partial charge in [0.1, 0.15) is 0 Å². The van der Waals surface area contributed by atoms with Crippen LogP contribution in [0.3, 0.4) is 0 Å². The number of piperidine rings is 1. The van der Waals surface area contributed by atoms with Crippen molar-refractivity contribution in [1.82, 2.24) is 10.3 Å². The van der Waals surface area contributed by atoms with E-state index in [2.05, 4.69) is 29.5 Å². The molecule has 1 aliphatic rings. The number of rotatable bonds is 6. The summed E-state index contributed by atoms with van der Waals surface area (Å²) in [4.78, 5) is 4.58. The van der Waals surface area contributed by atoms with Crippen molar-refractivity contribution in [2.24, 2.45) is 5.92 Å². The smallest absolute Gasteiger partial charge is 0.0954 e. The predicted octanol–water partition coefficient (Wildman–Crippen LogP) is 3.17. The van der Waals surface area contributed by atoms with Gasteiger partial charge in [-0.15, -0.1) is 11.3 Å². The van der Waals surface area contributed by atoms with Crippen LogP contribution in [-0.4, -0.2) is 24.7 Å². The summed E-state index contributed by atoms with van der Waals surface area (Å²) < 4.78 is 5.73. The van der Waals surface area contributed by atoms with Gasteiger partial charge in [-0.2, -0.15) is 0 Å². The summed E-state index contributed by atoms with van der Waals surface area (Å²) in [5.41, 5.74) is 1.09. The van der Waals surface area contributed by atoms with E-state index >= 15 is 0 Å². The van der Waals surface area contributed by atoms with Gasteiger partial charge in [0, 0.05) is 17.9 Å². The molecule has 102 valence electrons. The van der Waals surface area contributed by atoms with E-state index in [1.165, 1.54) is 30.8 Å². The largest absolute Gasteiger partial charge is 0.375 e. The molecular weight excluding hydrogens is 244 g/mol. The van der Waals surface area contributed by atoms with E-state index in [1.54, 1.807) is 11.3 Å². The molecule has 4 heteroatoms. The summed E-state index contributed by atoms with van der Waals surface area (Å²) in [6, 6.07) is 0. The van der Waals surface area contributed by atoms with Gasteiger partial charge in [0.2, 0.25) is 0 Å². The van der Waals surface area contributed by atoms with Crippen molar-refractivity contribution in [3.05, 3.63) is 16.1 Å². The van der Waals surface area contributed by atoms with E-state index in [9.17, 15) is 0 Å². The Balaban J connectivity index is 1.62. The minimum atomic E-state index is 0.525. The molecule has 0 bridgehead atoms. The van der Waals surface area contributed by atoms with Gasteiger partial charge in [-0.3, -0.25) is 0 Å². The van der Waals surface area contributed by atoms with Gasteiger partial charge >= 0.3 is 0 Å². The zero-order chi connectivity index (χ0) is 12.8. The lowest BCUT2D eigenvalue weighted by molar-refractivity contribution is 0.101. The Morgan fingerprint density at radius 1 is 1.56 bits per heavy atom. The van der Waals surface area contributed by atoms with Crippen molar-refractivity contribution >= 4 is 11.3 Å². The minimum Gasteiger partial charge on any atom is -0.375 e. The minimum absolute atomic E-state index is 0.525. The second-order valence-electron chi connectivity index (χ2n) is 5.39. The molecule has 1 aliphatic heterocycles. The number of nitrogens with zero attached hydrogens (tertiary/aromatic N) is 1. The van der Waals surface area contributed by atoms with Crippen LogP contribution >= 0.6 is 11.3 Å². The molecular formula is C14H24N2OS. The third-order valence-corrected chi connectivity index (χ3v) is 4.58. The molecule has 1 N–H and O–H groups in total. The zero-order valence-electron chi connectivity index (χ0n) is 11.4. The Morgan fingerprint density at radius 3 is 3.11 bits per heavy atom. The van der Waals surface area contributed by atoms with Crippen LogP contribution < -0.4 is 5.32 Å². The summed E-state index contributed by atoms with van der Waals surface area (Å²) >= 11 is 1.74. The van der Waals surface area contributed by atoms with Crippen LogP contribution in [0.25, 0.3) is 0 Å². The van der Waals surface area contributed by atoms with Crippen molar-refractivity contribution in [2.75, 3.05) is 19.7 Å². The van der Waals surface area contributed by atoms with E-state index in [4.69, 9.17) is 4.74 Å². The van der Waals surface area contributed by atoms with Gasteiger partial charge in [0.05, 0.1) is 17.3 Å². The number of hydrogen-bond donors (Lipinski definition) is 1. The SMILES string of the molecule is CC(C)c1nc(COCCC2CCCNC2)cs1. The molecule has 18 heavy (non-hydrogen) atoms. The third kappa shape index (κ3) is 4.34. The maximum Gasteiger partial charge on any atom is 0.0954 e. The van der Waals surface area contributed by atoms with Crippen LogP contribution in [0, 0.1) is 5.92 Å². The van der Waals surface area contributed by atoms with E-state index in [0.29, 0.717) is 12.5 Å². The second-order valence-corrected chi connectivity index (χ2v) is 6.28. The highest BCUT2D eigenvalue weighted by Crippen LogP contribution is 2.20. The van der Waals surface area contributed by atoms with E-state index in [0.717, 1.165) is 24.8 Å². The Morgan fingerprint density at radius 2 is 2.44 bits per heavy atom. The van der Waals surface area contributed by atoms with Crippen LogP contribution in [0.5, 0.6) is 0 Å². The molecule has 0 aromatic carbocycles. The monoisotopic (exact) mass is 268 g/mol. The molecule has 1 aromatic rings. The summed E-state index contributed by atoms with van der Waals surface area (Å²) in [5, 5.41) is 6.78. The summed E-state index contributed by atoms with van der Waals surface area (Å²) in [7, 11) is 0. The standard InChI is InChI=1S/C14H24N2OS/c1-11(2)14-16-13(10-18-14)9-17-7-5-12-4-3-6-15-8-12/h10-12,15H,3-9H2,1-2H3. The number of nitrogens with one attached hydrogen (secondary N) is 1. The molecule has 1 unspecified atom stereocenters. The maximum absolute atomic E-state index is 5.73. The highest BCUT2D eigenvalue weighted by Gasteiger charge is 2.12. The molecule has 0 radical (unpaired) electrons. The first-order valence-electron chi connectivity index (χ1n) is 6.98. The molecule has 0 aliphatic carbocycles. The molecule has 1 fully saturated rings. The zero-order valence-corrected chi connectivity index (χ0v) is 12.3. The Labute approximate surface area is 114 Å². The van der Waals surface area contributed by atoms with Crippen LogP contribution in [0.1, 0.15) is 49.7 Å². The van der Waals surface area contributed by atoms with Crippen molar-refractivity contribution in [3.63, 3.8) is 0 Å². The average Bonchev–Trinajstić information content (AvgIpc) is 2.85. The normalized spacial score (nSPS) is 20.5. The van der Waals surface area contributed by atoms with Gasteiger partial charge in [0.15, 0.2) is 0 Å². The van der Waals surface area contributed by atoms with Crippen molar-refractivity contribution in [3.8, 4) is 0 Å². The first kappa shape index (κ1) is 14.0. The van der Waals surface area contributed by atoms with Gasteiger partial charge in [-0.1, -0.05) is 13.8 Å². The van der Waals surface area contributed by atoms with Crippen LogP contribution in [0.2, 0.25) is 0 Å². The van der Waals surface area contributed by atoms with Gasteiger partial charge in [-0.25, -0.2) is 4.98 Å². The number of hydrogen-bond acceptors (Lipinski definition) is 4. The van der Waals surface area contributed by atoms with Gasteiger partial charge in [0.25, 0.3) is 0 Å².